The van der Waals surface area contributed by atoms with E-state index in [0.29, 0.717) is 5.54 Å². The van der Waals surface area contributed by atoms with Crippen molar-refractivity contribution >= 4 is 0 Å². The molecule has 1 atom stereocenters. The third-order valence-electron chi connectivity index (χ3n) is 3.13. The second-order valence-corrected chi connectivity index (χ2v) is 5.14. The molecule has 13 heavy (non-hydrogen) atoms. The van der Waals surface area contributed by atoms with Gasteiger partial charge in [-0.25, -0.2) is 0 Å². The third-order valence-corrected chi connectivity index (χ3v) is 3.13. The van der Waals surface area contributed by atoms with Gasteiger partial charge in [0, 0.05) is 18.1 Å². The molecule has 0 aliphatic carbocycles. The molecule has 1 rings (SSSR count). The van der Waals surface area contributed by atoms with E-state index in [-0.39, 0.29) is 0 Å². The van der Waals surface area contributed by atoms with E-state index >= 15 is 0 Å². The molecule has 0 aromatic carbocycles. The zero-order valence-corrected chi connectivity index (χ0v) is 9.56. The maximum absolute atomic E-state index is 3.51. The van der Waals surface area contributed by atoms with E-state index in [1.807, 2.05) is 0 Å². The van der Waals surface area contributed by atoms with Crippen LogP contribution in [0.3, 0.4) is 0 Å². The van der Waals surface area contributed by atoms with E-state index < -0.39 is 0 Å². The number of rotatable bonds is 1. The largest absolute Gasteiger partial charge is 0.315 e. The van der Waals surface area contributed by atoms with Gasteiger partial charge in [0.25, 0.3) is 0 Å². The van der Waals surface area contributed by atoms with Crippen molar-refractivity contribution in [2.75, 3.05) is 20.1 Å². The first-order chi connectivity index (χ1) is 6.02. The normalized spacial score (nSPS) is 26.1. The van der Waals surface area contributed by atoms with E-state index in [0.717, 1.165) is 12.6 Å². The fourth-order valence-electron chi connectivity index (χ4n) is 1.88. The number of nitrogens with one attached hydrogen (secondary N) is 1. The van der Waals surface area contributed by atoms with Crippen LogP contribution in [0.2, 0.25) is 0 Å². The van der Waals surface area contributed by atoms with Gasteiger partial charge in [0.2, 0.25) is 0 Å². The van der Waals surface area contributed by atoms with Crippen LogP contribution in [0.1, 0.15) is 40.0 Å². The summed E-state index contributed by atoms with van der Waals surface area (Å²) in [6, 6.07) is 0.725. The molecule has 0 saturated carbocycles. The Kier molecular flexibility index (Phi) is 3.74. The molecular formula is C11H24N2. The van der Waals surface area contributed by atoms with Gasteiger partial charge < -0.3 is 5.32 Å². The second kappa shape index (κ2) is 4.43. The van der Waals surface area contributed by atoms with Crippen molar-refractivity contribution in [3.8, 4) is 0 Å². The fraction of sp³-hybridized carbons (Fsp3) is 1.00. The summed E-state index contributed by atoms with van der Waals surface area (Å²) in [7, 11) is 2.25. The molecular weight excluding hydrogens is 160 g/mol. The Balaban J connectivity index is 2.48. The Morgan fingerprint density at radius 1 is 1.23 bits per heavy atom. The fourth-order valence-corrected chi connectivity index (χ4v) is 1.88. The molecule has 0 bridgehead atoms. The van der Waals surface area contributed by atoms with Gasteiger partial charge in [0.1, 0.15) is 0 Å². The topological polar surface area (TPSA) is 15.3 Å². The van der Waals surface area contributed by atoms with Gasteiger partial charge in [-0.05, 0) is 47.2 Å². The predicted molar refractivity (Wildman–Crippen MR) is 58.0 cm³/mol. The zero-order valence-electron chi connectivity index (χ0n) is 9.56. The smallest absolute Gasteiger partial charge is 0.0222 e. The molecule has 1 unspecified atom stereocenters. The first-order valence-corrected chi connectivity index (χ1v) is 5.45. The van der Waals surface area contributed by atoms with E-state index in [2.05, 4.69) is 38.0 Å². The molecule has 1 heterocycles. The lowest BCUT2D eigenvalue weighted by molar-refractivity contribution is 0.112. The molecule has 0 aromatic rings. The minimum atomic E-state index is 0.302. The lowest BCUT2D eigenvalue weighted by atomic mass is 10.0. The van der Waals surface area contributed by atoms with Crippen molar-refractivity contribution < 1.29 is 0 Å². The van der Waals surface area contributed by atoms with Crippen LogP contribution in [0.25, 0.3) is 0 Å². The Bertz CT molecular complexity index is 141. The Labute approximate surface area is 82.7 Å². The van der Waals surface area contributed by atoms with Crippen LogP contribution in [-0.2, 0) is 0 Å². The highest BCUT2D eigenvalue weighted by molar-refractivity contribution is 4.83. The first kappa shape index (κ1) is 11.0. The molecule has 0 radical (unpaired) electrons. The van der Waals surface area contributed by atoms with Crippen LogP contribution < -0.4 is 5.32 Å². The number of hydrogen-bond acceptors (Lipinski definition) is 2. The summed E-state index contributed by atoms with van der Waals surface area (Å²) >= 11 is 0. The third kappa shape index (κ3) is 3.28. The van der Waals surface area contributed by atoms with Crippen LogP contribution in [0.4, 0.5) is 0 Å². The second-order valence-electron chi connectivity index (χ2n) is 5.14. The van der Waals surface area contributed by atoms with E-state index in [1.54, 1.807) is 0 Å². The molecule has 1 aliphatic rings. The highest BCUT2D eigenvalue weighted by Crippen LogP contribution is 2.18. The van der Waals surface area contributed by atoms with Crippen LogP contribution in [0.15, 0.2) is 0 Å². The van der Waals surface area contributed by atoms with Gasteiger partial charge in [-0.1, -0.05) is 6.42 Å². The van der Waals surface area contributed by atoms with Crippen LogP contribution in [-0.4, -0.2) is 36.6 Å². The monoisotopic (exact) mass is 184 g/mol. The standard InChI is InChI=1S/C11H24N2/c1-11(2,3)13(4)10-7-5-6-8-12-9-10/h10,12H,5-9H2,1-4H3. The molecule has 0 amide bonds. The molecule has 1 saturated heterocycles. The van der Waals surface area contributed by atoms with Gasteiger partial charge in [-0.2, -0.15) is 0 Å². The van der Waals surface area contributed by atoms with Crippen molar-refractivity contribution in [1.82, 2.24) is 10.2 Å². The Morgan fingerprint density at radius 3 is 2.54 bits per heavy atom. The Morgan fingerprint density at radius 2 is 1.92 bits per heavy atom. The molecule has 2 heteroatoms. The minimum absolute atomic E-state index is 0.302. The van der Waals surface area contributed by atoms with Gasteiger partial charge >= 0.3 is 0 Å². The lowest BCUT2D eigenvalue weighted by Crippen LogP contribution is -2.48. The van der Waals surface area contributed by atoms with Gasteiger partial charge in [0.05, 0.1) is 0 Å². The van der Waals surface area contributed by atoms with E-state index in [9.17, 15) is 0 Å². The predicted octanol–water partition coefficient (Wildman–Crippen LogP) is 1.86. The average molecular weight is 184 g/mol. The molecule has 1 fully saturated rings. The molecule has 1 aliphatic heterocycles. The highest BCUT2D eigenvalue weighted by Gasteiger charge is 2.25. The van der Waals surface area contributed by atoms with Crippen molar-refractivity contribution in [2.24, 2.45) is 0 Å². The SMILES string of the molecule is CN(C1CCCCNC1)C(C)(C)C. The maximum Gasteiger partial charge on any atom is 0.0222 e. The molecule has 1 N–H and O–H groups in total. The van der Waals surface area contributed by atoms with Crippen molar-refractivity contribution in [1.29, 1.82) is 0 Å². The lowest BCUT2D eigenvalue weighted by Gasteiger charge is -2.38. The number of nitrogens with zero attached hydrogens (tertiary/aromatic N) is 1. The molecule has 0 spiro atoms. The minimum Gasteiger partial charge on any atom is -0.315 e. The van der Waals surface area contributed by atoms with Gasteiger partial charge in [0.15, 0.2) is 0 Å². The van der Waals surface area contributed by atoms with Gasteiger partial charge in [-0.15, -0.1) is 0 Å². The summed E-state index contributed by atoms with van der Waals surface area (Å²) in [4.78, 5) is 2.51. The molecule has 2 nitrogen and oxygen atoms in total. The van der Waals surface area contributed by atoms with Gasteiger partial charge in [-0.3, -0.25) is 4.90 Å². The zero-order chi connectivity index (χ0) is 9.90. The summed E-state index contributed by atoms with van der Waals surface area (Å²) in [5.74, 6) is 0. The summed E-state index contributed by atoms with van der Waals surface area (Å²) in [6.07, 6.45) is 4.06. The van der Waals surface area contributed by atoms with Crippen molar-refractivity contribution in [3.05, 3.63) is 0 Å². The quantitative estimate of drug-likeness (QED) is 0.669. The summed E-state index contributed by atoms with van der Waals surface area (Å²) < 4.78 is 0. The highest BCUT2D eigenvalue weighted by atomic mass is 15.2. The average Bonchev–Trinajstić information content (AvgIpc) is 2.28. The van der Waals surface area contributed by atoms with Crippen LogP contribution in [0.5, 0.6) is 0 Å². The Hall–Kier alpha value is -0.0800. The van der Waals surface area contributed by atoms with Crippen molar-refractivity contribution in [3.63, 3.8) is 0 Å². The van der Waals surface area contributed by atoms with E-state index in [4.69, 9.17) is 0 Å². The first-order valence-electron chi connectivity index (χ1n) is 5.45. The number of likely N-dealkylation sites (N-methyl/N-ethyl adjacent to an activating group) is 1. The summed E-state index contributed by atoms with van der Waals surface area (Å²) in [5.41, 5.74) is 0.302. The van der Waals surface area contributed by atoms with Crippen LogP contribution >= 0.6 is 0 Å². The molecule has 78 valence electrons. The van der Waals surface area contributed by atoms with E-state index in [1.165, 1.54) is 25.8 Å². The number of hydrogen-bond donors (Lipinski definition) is 1. The van der Waals surface area contributed by atoms with Crippen LogP contribution in [0, 0.1) is 0 Å². The summed E-state index contributed by atoms with van der Waals surface area (Å²) in [5, 5.41) is 3.51. The molecule has 0 aromatic heterocycles. The summed E-state index contributed by atoms with van der Waals surface area (Å²) in [6.45, 7) is 9.23. The van der Waals surface area contributed by atoms with Crippen molar-refractivity contribution in [2.45, 2.75) is 51.6 Å². The maximum atomic E-state index is 3.51.